The molecule has 52 heavy (non-hydrogen) atoms. The summed E-state index contributed by atoms with van der Waals surface area (Å²) >= 11 is 0. The maximum absolute atomic E-state index is 5.38. The SMILES string of the molecule is C1=Cc2c(c3cc(-c4ccc5c(n4)c4ccccc4n5-c4ccc5ccccc5c4)ccc3n2-c2ccc(-c3ccc4ccccc4c3)cc2)CC1. The molecule has 244 valence electrons. The Morgan fingerprint density at radius 1 is 0.442 bits per heavy atom. The predicted octanol–water partition coefficient (Wildman–Crippen LogP) is 12.7. The number of hydrogen-bond donors (Lipinski definition) is 0. The van der Waals surface area contributed by atoms with Crippen molar-refractivity contribution >= 4 is 60.5 Å². The van der Waals surface area contributed by atoms with E-state index in [1.54, 1.807) is 0 Å². The molecule has 3 heterocycles. The van der Waals surface area contributed by atoms with E-state index in [2.05, 4.69) is 185 Å². The zero-order chi connectivity index (χ0) is 34.2. The average molecular weight is 664 g/mol. The van der Waals surface area contributed by atoms with Gasteiger partial charge in [0.1, 0.15) is 0 Å². The molecule has 0 amide bonds. The number of rotatable bonds is 4. The summed E-state index contributed by atoms with van der Waals surface area (Å²) in [7, 11) is 0. The van der Waals surface area contributed by atoms with Crippen molar-refractivity contribution in [2.24, 2.45) is 0 Å². The smallest absolute Gasteiger partial charge is 0.0970 e. The normalized spacial score (nSPS) is 12.8. The highest BCUT2D eigenvalue weighted by Gasteiger charge is 2.20. The molecule has 10 aromatic rings. The summed E-state index contributed by atoms with van der Waals surface area (Å²) in [6, 6.07) is 59.5. The molecule has 3 nitrogen and oxygen atoms in total. The fourth-order valence-corrected chi connectivity index (χ4v) is 8.43. The van der Waals surface area contributed by atoms with Crippen molar-refractivity contribution < 1.29 is 0 Å². The molecule has 7 aromatic carbocycles. The fraction of sp³-hybridized carbons (Fsp3) is 0.0408. The molecule has 0 N–H and O–H groups in total. The van der Waals surface area contributed by atoms with Gasteiger partial charge in [-0.25, -0.2) is 4.98 Å². The third-order valence-corrected chi connectivity index (χ3v) is 11.0. The van der Waals surface area contributed by atoms with E-state index in [-0.39, 0.29) is 0 Å². The quantitative estimate of drug-likeness (QED) is 0.184. The first kappa shape index (κ1) is 29.1. The molecule has 1 aliphatic rings. The van der Waals surface area contributed by atoms with Crippen LogP contribution in [0.2, 0.25) is 0 Å². The summed E-state index contributed by atoms with van der Waals surface area (Å²) in [5, 5.41) is 7.47. The van der Waals surface area contributed by atoms with Gasteiger partial charge in [-0.2, -0.15) is 0 Å². The van der Waals surface area contributed by atoms with Crippen LogP contribution in [0.25, 0.3) is 94.2 Å². The molecular weight excluding hydrogens is 631 g/mol. The Hall–Kier alpha value is -6.71. The fourth-order valence-electron chi connectivity index (χ4n) is 8.43. The molecule has 0 fully saturated rings. The van der Waals surface area contributed by atoms with E-state index >= 15 is 0 Å². The highest BCUT2D eigenvalue weighted by atomic mass is 15.0. The Kier molecular flexibility index (Phi) is 6.38. The topological polar surface area (TPSA) is 22.8 Å². The Bertz CT molecular complexity index is 3060. The molecule has 3 aromatic heterocycles. The number of fused-ring (bicyclic) bond motifs is 8. The van der Waals surface area contributed by atoms with E-state index < -0.39 is 0 Å². The van der Waals surface area contributed by atoms with Gasteiger partial charge < -0.3 is 9.13 Å². The minimum absolute atomic E-state index is 0.989. The second-order valence-electron chi connectivity index (χ2n) is 13.9. The van der Waals surface area contributed by atoms with Crippen molar-refractivity contribution in [2.45, 2.75) is 12.8 Å². The second kappa shape index (κ2) is 11.4. The lowest BCUT2D eigenvalue weighted by molar-refractivity contribution is 0.967. The highest BCUT2D eigenvalue weighted by Crippen LogP contribution is 2.38. The zero-order valence-corrected chi connectivity index (χ0v) is 28.5. The lowest BCUT2D eigenvalue weighted by Crippen LogP contribution is -2.00. The van der Waals surface area contributed by atoms with Gasteiger partial charge >= 0.3 is 0 Å². The van der Waals surface area contributed by atoms with E-state index in [0.717, 1.165) is 51.7 Å². The summed E-state index contributed by atoms with van der Waals surface area (Å²) in [6.07, 6.45) is 6.69. The van der Waals surface area contributed by atoms with E-state index in [1.807, 2.05) is 0 Å². The first-order valence-corrected chi connectivity index (χ1v) is 18.1. The van der Waals surface area contributed by atoms with Gasteiger partial charge in [-0.05, 0) is 118 Å². The Morgan fingerprint density at radius 2 is 1.10 bits per heavy atom. The monoisotopic (exact) mass is 663 g/mol. The second-order valence-corrected chi connectivity index (χ2v) is 13.9. The molecule has 3 heteroatoms. The molecule has 0 bridgehead atoms. The molecule has 1 aliphatic carbocycles. The number of aryl methyl sites for hydroxylation is 1. The third kappa shape index (κ3) is 4.49. The first-order valence-electron chi connectivity index (χ1n) is 18.1. The summed E-state index contributed by atoms with van der Waals surface area (Å²) < 4.78 is 4.78. The third-order valence-electron chi connectivity index (χ3n) is 11.0. The van der Waals surface area contributed by atoms with Crippen molar-refractivity contribution in [3.05, 3.63) is 181 Å². The number of aromatic nitrogens is 3. The minimum atomic E-state index is 0.989. The van der Waals surface area contributed by atoms with Gasteiger partial charge in [0.2, 0.25) is 0 Å². The lowest BCUT2D eigenvalue weighted by atomic mass is 9.99. The van der Waals surface area contributed by atoms with Crippen molar-refractivity contribution in [1.82, 2.24) is 14.1 Å². The Labute approximate surface area is 301 Å². The van der Waals surface area contributed by atoms with E-state index in [9.17, 15) is 0 Å². The summed E-state index contributed by atoms with van der Waals surface area (Å²) in [5.41, 5.74) is 14.1. The number of para-hydroxylation sites is 1. The van der Waals surface area contributed by atoms with Crippen LogP contribution in [-0.2, 0) is 6.42 Å². The van der Waals surface area contributed by atoms with Gasteiger partial charge in [0.05, 0.1) is 27.8 Å². The van der Waals surface area contributed by atoms with Gasteiger partial charge in [-0.15, -0.1) is 0 Å². The maximum Gasteiger partial charge on any atom is 0.0970 e. The molecule has 0 atom stereocenters. The van der Waals surface area contributed by atoms with Crippen LogP contribution >= 0.6 is 0 Å². The van der Waals surface area contributed by atoms with Crippen LogP contribution in [0.3, 0.4) is 0 Å². The maximum atomic E-state index is 5.38. The van der Waals surface area contributed by atoms with Crippen LogP contribution in [-0.4, -0.2) is 14.1 Å². The number of allylic oxidation sites excluding steroid dienone is 1. The lowest BCUT2D eigenvalue weighted by Gasteiger charge is -2.13. The molecule has 0 unspecified atom stereocenters. The van der Waals surface area contributed by atoms with Crippen LogP contribution in [0.4, 0.5) is 0 Å². The Morgan fingerprint density at radius 3 is 1.94 bits per heavy atom. The van der Waals surface area contributed by atoms with Gasteiger partial charge in [0.15, 0.2) is 0 Å². The molecule has 0 spiro atoms. The molecule has 11 rings (SSSR count). The minimum Gasteiger partial charge on any atom is -0.310 e. The number of pyridine rings is 1. The van der Waals surface area contributed by atoms with E-state index in [1.165, 1.54) is 60.5 Å². The van der Waals surface area contributed by atoms with Crippen molar-refractivity contribution in [1.29, 1.82) is 0 Å². The average Bonchev–Trinajstić information content (AvgIpc) is 3.73. The zero-order valence-electron chi connectivity index (χ0n) is 28.5. The van der Waals surface area contributed by atoms with Gasteiger partial charge in [-0.3, -0.25) is 0 Å². The van der Waals surface area contributed by atoms with Gasteiger partial charge in [0, 0.05) is 33.4 Å². The standard InChI is InChI=1S/C49H33N3/c1-3-11-35-29-37(18-17-32(35)9-1)34-19-23-39(24-20-34)51-45-15-7-5-13-41(45)43-31-38(22-27-47(43)51)44-26-28-48-49(50-44)42-14-6-8-16-46(42)52(48)40-25-21-33-10-2-4-12-36(33)30-40/h1-4,6-12,14-31H,5,13H2. The number of nitrogens with zero attached hydrogens (tertiary/aromatic N) is 3. The van der Waals surface area contributed by atoms with Crippen molar-refractivity contribution in [2.75, 3.05) is 0 Å². The van der Waals surface area contributed by atoms with Crippen LogP contribution in [0.1, 0.15) is 17.7 Å². The van der Waals surface area contributed by atoms with Crippen LogP contribution in [0.15, 0.2) is 170 Å². The van der Waals surface area contributed by atoms with Gasteiger partial charge in [-0.1, -0.05) is 109 Å². The predicted molar refractivity (Wildman–Crippen MR) is 219 cm³/mol. The largest absolute Gasteiger partial charge is 0.310 e. The van der Waals surface area contributed by atoms with Crippen molar-refractivity contribution in [3.63, 3.8) is 0 Å². The first-order chi connectivity index (χ1) is 25.8. The molecule has 0 saturated heterocycles. The Balaban J connectivity index is 1.02. The number of benzene rings is 7. The van der Waals surface area contributed by atoms with Crippen LogP contribution in [0.5, 0.6) is 0 Å². The number of hydrogen-bond acceptors (Lipinski definition) is 1. The summed E-state index contributed by atoms with van der Waals surface area (Å²) in [6.45, 7) is 0. The molecule has 0 aliphatic heterocycles. The van der Waals surface area contributed by atoms with Crippen molar-refractivity contribution in [3.8, 4) is 33.8 Å². The molecular formula is C49H33N3. The summed E-state index contributed by atoms with van der Waals surface area (Å²) in [4.78, 5) is 5.38. The van der Waals surface area contributed by atoms with Crippen LogP contribution in [0, 0.1) is 0 Å². The molecule has 0 saturated carbocycles. The van der Waals surface area contributed by atoms with E-state index in [4.69, 9.17) is 4.98 Å². The highest BCUT2D eigenvalue weighted by molar-refractivity contribution is 6.08. The summed E-state index contributed by atoms with van der Waals surface area (Å²) in [5.74, 6) is 0. The van der Waals surface area contributed by atoms with Crippen LogP contribution < -0.4 is 0 Å². The van der Waals surface area contributed by atoms with Gasteiger partial charge in [0.25, 0.3) is 0 Å². The molecule has 0 radical (unpaired) electrons. The van der Waals surface area contributed by atoms with E-state index in [0.29, 0.717) is 0 Å².